The van der Waals surface area contributed by atoms with Gasteiger partial charge in [0.05, 0.1) is 0 Å². The van der Waals surface area contributed by atoms with E-state index in [0.29, 0.717) is 12.3 Å². The van der Waals surface area contributed by atoms with E-state index in [2.05, 4.69) is 17.1 Å². The highest BCUT2D eigenvalue weighted by atomic mass is 35.5. The second-order valence-electron chi connectivity index (χ2n) is 5.37. The summed E-state index contributed by atoms with van der Waals surface area (Å²) in [4.78, 5) is 14.2. The lowest BCUT2D eigenvalue weighted by molar-refractivity contribution is -0.116. The van der Waals surface area contributed by atoms with E-state index in [9.17, 15) is 4.79 Å². The Morgan fingerprint density at radius 1 is 1.45 bits per heavy atom. The van der Waals surface area contributed by atoms with Crippen molar-refractivity contribution < 1.29 is 4.79 Å². The van der Waals surface area contributed by atoms with Gasteiger partial charge < -0.3 is 16.0 Å². The topological polar surface area (TPSA) is 58.4 Å². The van der Waals surface area contributed by atoms with Gasteiger partial charge >= 0.3 is 0 Å². The Kier molecular flexibility index (Phi) is 6.99. The van der Waals surface area contributed by atoms with Crippen molar-refractivity contribution in [2.75, 3.05) is 25.0 Å². The number of amides is 1. The van der Waals surface area contributed by atoms with Crippen molar-refractivity contribution in [2.45, 2.75) is 25.8 Å². The second kappa shape index (κ2) is 8.25. The van der Waals surface area contributed by atoms with Crippen LogP contribution in [0.25, 0.3) is 0 Å². The fourth-order valence-electron chi connectivity index (χ4n) is 2.50. The van der Waals surface area contributed by atoms with Gasteiger partial charge in [0.1, 0.15) is 0 Å². The molecule has 5 heteroatoms. The average Bonchev–Trinajstić information content (AvgIpc) is 2.86. The molecule has 1 aromatic rings. The molecule has 1 heterocycles. The number of benzene rings is 1. The number of carbonyl (C=O) groups is 1. The smallest absolute Gasteiger partial charge is 0.225 e. The molecule has 1 aliphatic heterocycles. The third-order valence-electron chi connectivity index (χ3n) is 3.77. The Morgan fingerprint density at radius 3 is 2.75 bits per heavy atom. The Hall–Kier alpha value is -1.10. The van der Waals surface area contributed by atoms with Crippen molar-refractivity contribution in [3.63, 3.8) is 0 Å². The minimum absolute atomic E-state index is 0. The van der Waals surface area contributed by atoms with Gasteiger partial charge in [0.15, 0.2) is 0 Å². The molecule has 2 atom stereocenters. The second-order valence-corrected chi connectivity index (χ2v) is 5.37. The standard InChI is InChI=1S/C15H23N3O.ClH/c1-12(16)13-7-9-18(11-13)10-8-15(19)17-14-5-3-2-4-6-14;/h2-6,12-13H,7-11,16H2,1H3,(H,17,19);1H. The third-order valence-corrected chi connectivity index (χ3v) is 3.77. The van der Waals surface area contributed by atoms with Crippen molar-refractivity contribution in [3.8, 4) is 0 Å². The SMILES string of the molecule is CC(N)C1CCN(CCC(=O)Nc2ccccc2)C1.Cl. The highest BCUT2D eigenvalue weighted by Gasteiger charge is 2.25. The summed E-state index contributed by atoms with van der Waals surface area (Å²) in [6.07, 6.45) is 1.69. The summed E-state index contributed by atoms with van der Waals surface area (Å²) in [5.74, 6) is 0.660. The summed E-state index contributed by atoms with van der Waals surface area (Å²) in [6.45, 7) is 4.97. The molecule has 0 aromatic heterocycles. The number of rotatable bonds is 5. The lowest BCUT2D eigenvalue weighted by Gasteiger charge is -2.17. The molecular formula is C15H24ClN3O. The minimum Gasteiger partial charge on any atom is -0.328 e. The number of halogens is 1. The molecule has 1 aromatic carbocycles. The Morgan fingerprint density at radius 2 is 2.15 bits per heavy atom. The van der Waals surface area contributed by atoms with E-state index >= 15 is 0 Å². The number of nitrogens with zero attached hydrogens (tertiary/aromatic N) is 1. The zero-order valence-electron chi connectivity index (χ0n) is 11.9. The van der Waals surface area contributed by atoms with Gasteiger partial charge in [0.2, 0.25) is 5.91 Å². The number of para-hydroxylation sites is 1. The van der Waals surface area contributed by atoms with Gasteiger partial charge in [-0.25, -0.2) is 0 Å². The number of nitrogens with two attached hydrogens (primary N) is 1. The maximum Gasteiger partial charge on any atom is 0.225 e. The normalized spacial score (nSPS) is 20.2. The van der Waals surface area contributed by atoms with Crippen LogP contribution in [-0.2, 0) is 4.79 Å². The molecule has 1 saturated heterocycles. The maximum atomic E-state index is 11.8. The molecule has 20 heavy (non-hydrogen) atoms. The van der Waals surface area contributed by atoms with E-state index < -0.39 is 0 Å². The number of carbonyl (C=O) groups excluding carboxylic acids is 1. The van der Waals surface area contributed by atoms with Crippen LogP contribution >= 0.6 is 12.4 Å². The first kappa shape index (κ1) is 17.0. The van der Waals surface area contributed by atoms with Crippen molar-refractivity contribution >= 4 is 24.0 Å². The van der Waals surface area contributed by atoms with Crippen LogP contribution in [0.2, 0.25) is 0 Å². The van der Waals surface area contributed by atoms with Gasteiger partial charge in [-0.2, -0.15) is 0 Å². The van der Waals surface area contributed by atoms with Gasteiger partial charge in [-0.05, 0) is 37.9 Å². The molecule has 4 nitrogen and oxygen atoms in total. The van der Waals surface area contributed by atoms with Crippen molar-refractivity contribution in [1.82, 2.24) is 4.90 Å². The fraction of sp³-hybridized carbons (Fsp3) is 0.533. The lowest BCUT2D eigenvalue weighted by Crippen LogP contribution is -2.31. The van der Waals surface area contributed by atoms with Crippen LogP contribution in [0.4, 0.5) is 5.69 Å². The number of likely N-dealkylation sites (tertiary alicyclic amines) is 1. The quantitative estimate of drug-likeness (QED) is 0.875. The number of nitrogens with one attached hydrogen (secondary N) is 1. The molecule has 0 saturated carbocycles. The average molecular weight is 298 g/mol. The van der Waals surface area contributed by atoms with Gasteiger partial charge in [-0.1, -0.05) is 18.2 Å². The molecule has 1 fully saturated rings. The van der Waals surface area contributed by atoms with Crippen LogP contribution in [-0.4, -0.2) is 36.5 Å². The highest BCUT2D eigenvalue weighted by molar-refractivity contribution is 5.90. The van der Waals surface area contributed by atoms with E-state index in [0.717, 1.165) is 31.7 Å². The molecular weight excluding hydrogens is 274 g/mol. The van der Waals surface area contributed by atoms with Crippen LogP contribution < -0.4 is 11.1 Å². The van der Waals surface area contributed by atoms with Crippen LogP contribution in [0.15, 0.2) is 30.3 Å². The van der Waals surface area contributed by atoms with Gasteiger partial charge in [-0.15, -0.1) is 12.4 Å². The highest BCUT2D eigenvalue weighted by Crippen LogP contribution is 2.18. The summed E-state index contributed by atoms with van der Waals surface area (Å²) in [5, 5.41) is 2.91. The molecule has 1 amide bonds. The summed E-state index contributed by atoms with van der Waals surface area (Å²) in [7, 11) is 0. The predicted molar refractivity (Wildman–Crippen MR) is 85.1 cm³/mol. The molecule has 0 aliphatic carbocycles. The Balaban J connectivity index is 0.00000200. The number of hydrogen-bond acceptors (Lipinski definition) is 3. The molecule has 2 unspecified atom stereocenters. The molecule has 0 bridgehead atoms. The largest absolute Gasteiger partial charge is 0.328 e. The Bertz CT molecular complexity index is 411. The first-order valence-electron chi connectivity index (χ1n) is 6.98. The van der Waals surface area contributed by atoms with Crippen LogP contribution in [0.3, 0.4) is 0 Å². The third kappa shape index (κ3) is 5.12. The van der Waals surface area contributed by atoms with Gasteiger partial charge in [-0.3, -0.25) is 4.79 Å². The van der Waals surface area contributed by atoms with Crippen molar-refractivity contribution in [2.24, 2.45) is 11.7 Å². The molecule has 0 radical (unpaired) electrons. The number of hydrogen-bond donors (Lipinski definition) is 2. The van der Waals surface area contributed by atoms with E-state index in [4.69, 9.17) is 5.73 Å². The molecule has 2 rings (SSSR count). The summed E-state index contributed by atoms with van der Waals surface area (Å²) < 4.78 is 0. The first-order chi connectivity index (χ1) is 9.15. The maximum absolute atomic E-state index is 11.8. The van der Waals surface area contributed by atoms with Gasteiger partial charge in [0.25, 0.3) is 0 Å². The van der Waals surface area contributed by atoms with Gasteiger partial charge in [0, 0.05) is 31.2 Å². The van der Waals surface area contributed by atoms with E-state index in [1.54, 1.807) is 0 Å². The number of anilines is 1. The van der Waals surface area contributed by atoms with Crippen LogP contribution in [0, 0.1) is 5.92 Å². The molecule has 0 spiro atoms. The summed E-state index contributed by atoms with van der Waals surface area (Å²) in [5.41, 5.74) is 6.78. The minimum atomic E-state index is 0. The monoisotopic (exact) mass is 297 g/mol. The van der Waals surface area contributed by atoms with Crippen molar-refractivity contribution in [3.05, 3.63) is 30.3 Å². The zero-order valence-corrected chi connectivity index (χ0v) is 12.7. The van der Waals surface area contributed by atoms with E-state index in [1.807, 2.05) is 30.3 Å². The fourth-order valence-corrected chi connectivity index (χ4v) is 2.50. The van der Waals surface area contributed by atoms with Crippen molar-refractivity contribution in [1.29, 1.82) is 0 Å². The molecule has 1 aliphatic rings. The van der Waals surface area contributed by atoms with Crippen LogP contribution in [0.5, 0.6) is 0 Å². The first-order valence-corrected chi connectivity index (χ1v) is 6.98. The molecule has 3 N–H and O–H groups in total. The van der Waals surface area contributed by atoms with E-state index in [1.165, 1.54) is 0 Å². The predicted octanol–water partition coefficient (Wildman–Crippen LogP) is 2.11. The van der Waals surface area contributed by atoms with E-state index in [-0.39, 0.29) is 24.4 Å². The lowest BCUT2D eigenvalue weighted by atomic mass is 10.0. The summed E-state index contributed by atoms with van der Waals surface area (Å²) in [6, 6.07) is 9.84. The zero-order chi connectivity index (χ0) is 13.7. The molecule has 112 valence electrons. The summed E-state index contributed by atoms with van der Waals surface area (Å²) >= 11 is 0. The Labute approximate surface area is 127 Å². The van der Waals surface area contributed by atoms with Crippen LogP contribution in [0.1, 0.15) is 19.8 Å².